The van der Waals surface area contributed by atoms with E-state index in [2.05, 4.69) is 4.98 Å². The summed E-state index contributed by atoms with van der Waals surface area (Å²) in [5.41, 5.74) is 2.67. The maximum absolute atomic E-state index is 12.9. The predicted octanol–water partition coefficient (Wildman–Crippen LogP) is 3.50. The number of rotatable bonds is 3. The average Bonchev–Trinajstić information content (AvgIpc) is 2.83. The molecular weight excluding hydrogens is 312 g/mol. The van der Waals surface area contributed by atoms with E-state index >= 15 is 0 Å². The number of benzene rings is 1. The highest BCUT2D eigenvalue weighted by Crippen LogP contribution is 2.23. The Hall–Kier alpha value is -2.69. The highest BCUT2D eigenvalue weighted by Gasteiger charge is 2.20. The molecular formula is C20H22N4O. The van der Waals surface area contributed by atoms with Gasteiger partial charge in [0, 0.05) is 19.3 Å². The third-order valence-electron chi connectivity index (χ3n) is 4.80. The zero-order chi connectivity index (χ0) is 17.1. The Morgan fingerprint density at radius 1 is 0.960 bits per heavy atom. The fourth-order valence-electron chi connectivity index (χ4n) is 3.48. The summed E-state index contributed by atoms with van der Waals surface area (Å²) in [5, 5.41) is 0. The third-order valence-corrected chi connectivity index (χ3v) is 4.80. The van der Waals surface area contributed by atoms with Crippen molar-refractivity contribution in [2.24, 2.45) is 0 Å². The Morgan fingerprint density at radius 3 is 2.48 bits per heavy atom. The van der Waals surface area contributed by atoms with E-state index in [1.807, 2.05) is 51.9 Å². The second-order valence-electron chi connectivity index (χ2n) is 6.52. The van der Waals surface area contributed by atoms with E-state index in [-0.39, 0.29) is 5.91 Å². The summed E-state index contributed by atoms with van der Waals surface area (Å²) in [6, 6.07) is 13.7. The van der Waals surface area contributed by atoms with Gasteiger partial charge in [-0.05, 0) is 37.1 Å². The van der Waals surface area contributed by atoms with Gasteiger partial charge in [-0.1, -0.05) is 31.0 Å². The number of pyridine rings is 1. The van der Waals surface area contributed by atoms with Crippen LogP contribution in [0, 0.1) is 0 Å². The zero-order valence-electron chi connectivity index (χ0n) is 14.3. The Bertz CT molecular complexity index is 864. The second-order valence-corrected chi connectivity index (χ2v) is 6.52. The minimum absolute atomic E-state index is 0.169. The second kappa shape index (κ2) is 7.05. The number of nitrogens with zero attached hydrogens (tertiary/aromatic N) is 4. The number of aromatic nitrogens is 3. The predicted molar refractivity (Wildman–Crippen MR) is 98.0 cm³/mol. The molecule has 0 unspecified atom stereocenters. The monoisotopic (exact) mass is 334 g/mol. The molecule has 0 atom stereocenters. The molecule has 128 valence electrons. The van der Waals surface area contributed by atoms with Crippen molar-refractivity contribution in [1.82, 2.24) is 19.4 Å². The number of carbonyl (C=O) groups excluding carboxylic acids is 1. The summed E-state index contributed by atoms with van der Waals surface area (Å²) < 4.78 is 2.00. The Balaban J connectivity index is 1.71. The van der Waals surface area contributed by atoms with Crippen LogP contribution < -0.4 is 0 Å². The quantitative estimate of drug-likeness (QED) is 0.736. The molecule has 4 rings (SSSR count). The van der Waals surface area contributed by atoms with Crippen molar-refractivity contribution in [3.63, 3.8) is 0 Å². The molecule has 1 saturated heterocycles. The first kappa shape index (κ1) is 15.8. The van der Waals surface area contributed by atoms with Crippen molar-refractivity contribution in [1.29, 1.82) is 0 Å². The smallest absolute Gasteiger partial charge is 0.242 e. The van der Waals surface area contributed by atoms with E-state index in [4.69, 9.17) is 4.98 Å². The first-order valence-corrected chi connectivity index (χ1v) is 8.97. The molecule has 0 saturated carbocycles. The molecule has 0 aliphatic carbocycles. The maximum atomic E-state index is 12.9. The molecule has 25 heavy (non-hydrogen) atoms. The molecule has 1 aliphatic rings. The van der Waals surface area contributed by atoms with Crippen LogP contribution in [0.4, 0.5) is 0 Å². The van der Waals surface area contributed by atoms with Crippen LogP contribution >= 0.6 is 0 Å². The van der Waals surface area contributed by atoms with Gasteiger partial charge >= 0.3 is 0 Å². The molecule has 3 heterocycles. The van der Waals surface area contributed by atoms with Crippen LogP contribution in [0.15, 0.2) is 48.7 Å². The third kappa shape index (κ3) is 3.27. The fourth-order valence-corrected chi connectivity index (χ4v) is 3.48. The fraction of sp³-hybridized carbons (Fsp3) is 0.350. The van der Waals surface area contributed by atoms with E-state index < -0.39 is 0 Å². The zero-order valence-corrected chi connectivity index (χ0v) is 14.3. The average molecular weight is 334 g/mol. The Kier molecular flexibility index (Phi) is 4.46. The van der Waals surface area contributed by atoms with Gasteiger partial charge in [-0.2, -0.15) is 0 Å². The van der Waals surface area contributed by atoms with Gasteiger partial charge < -0.3 is 9.47 Å². The lowest BCUT2D eigenvalue weighted by Gasteiger charge is -2.21. The number of carbonyl (C=O) groups is 1. The van der Waals surface area contributed by atoms with Crippen LogP contribution in [0.1, 0.15) is 25.7 Å². The van der Waals surface area contributed by atoms with Crippen molar-refractivity contribution in [3.05, 3.63) is 48.7 Å². The molecule has 1 fully saturated rings. The highest BCUT2D eigenvalue weighted by atomic mass is 16.2. The van der Waals surface area contributed by atoms with E-state index in [0.717, 1.165) is 48.5 Å². The van der Waals surface area contributed by atoms with Gasteiger partial charge in [-0.25, -0.2) is 4.98 Å². The first-order chi connectivity index (χ1) is 12.3. The molecule has 3 aromatic rings. The molecule has 0 radical (unpaired) electrons. The summed E-state index contributed by atoms with van der Waals surface area (Å²) in [6.45, 7) is 2.04. The van der Waals surface area contributed by atoms with Crippen molar-refractivity contribution in [2.75, 3.05) is 13.1 Å². The standard InChI is InChI=1S/C20H22N4O/c25-19(23-13-7-1-2-8-14-23)15-24-18-11-4-3-9-16(18)22-20(24)17-10-5-6-12-21-17/h3-6,9-12H,1-2,7-8,13-15H2. The molecule has 0 bridgehead atoms. The molecule has 5 heteroatoms. The molecule has 0 N–H and O–H groups in total. The summed E-state index contributed by atoms with van der Waals surface area (Å²) in [6.07, 6.45) is 6.40. The maximum Gasteiger partial charge on any atom is 0.242 e. The van der Waals surface area contributed by atoms with E-state index in [1.54, 1.807) is 6.20 Å². The van der Waals surface area contributed by atoms with Gasteiger partial charge in [0.15, 0.2) is 5.82 Å². The topological polar surface area (TPSA) is 51.0 Å². The van der Waals surface area contributed by atoms with Gasteiger partial charge in [0.1, 0.15) is 12.2 Å². The van der Waals surface area contributed by atoms with Crippen molar-refractivity contribution < 1.29 is 4.79 Å². The molecule has 2 aromatic heterocycles. The van der Waals surface area contributed by atoms with Crippen LogP contribution in [0.2, 0.25) is 0 Å². The molecule has 1 aliphatic heterocycles. The number of fused-ring (bicyclic) bond motifs is 1. The van der Waals surface area contributed by atoms with Gasteiger partial charge in [-0.3, -0.25) is 9.78 Å². The summed E-state index contributed by atoms with van der Waals surface area (Å²) in [5.74, 6) is 0.923. The van der Waals surface area contributed by atoms with Crippen molar-refractivity contribution in [2.45, 2.75) is 32.2 Å². The lowest BCUT2D eigenvalue weighted by atomic mass is 10.2. The SMILES string of the molecule is O=C(Cn1c(-c2ccccn2)nc2ccccc21)N1CCCCCC1. The molecule has 1 amide bonds. The van der Waals surface area contributed by atoms with Gasteiger partial charge in [0.2, 0.25) is 5.91 Å². The Labute approximate surface area is 147 Å². The molecule has 5 nitrogen and oxygen atoms in total. The van der Waals surface area contributed by atoms with Gasteiger partial charge in [0.05, 0.1) is 11.0 Å². The first-order valence-electron chi connectivity index (χ1n) is 8.97. The van der Waals surface area contributed by atoms with Crippen LogP contribution in [-0.2, 0) is 11.3 Å². The minimum Gasteiger partial charge on any atom is -0.341 e. The van der Waals surface area contributed by atoms with Gasteiger partial charge in [-0.15, -0.1) is 0 Å². The normalized spacial score (nSPS) is 15.3. The summed E-state index contributed by atoms with van der Waals surface area (Å²) in [7, 11) is 0. The number of likely N-dealkylation sites (tertiary alicyclic amines) is 1. The number of hydrogen-bond acceptors (Lipinski definition) is 3. The van der Waals surface area contributed by atoms with Gasteiger partial charge in [0.25, 0.3) is 0 Å². The highest BCUT2D eigenvalue weighted by molar-refractivity contribution is 5.84. The summed E-state index contributed by atoms with van der Waals surface area (Å²) in [4.78, 5) is 24.1. The Morgan fingerprint density at radius 2 is 1.72 bits per heavy atom. The lowest BCUT2D eigenvalue weighted by molar-refractivity contribution is -0.131. The summed E-state index contributed by atoms with van der Waals surface area (Å²) >= 11 is 0. The van der Waals surface area contributed by atoms with Crippen LogP contribution in [0.5, 0.6) is 0 Å². The van der Waals surface area contributed by atoms with E-state index in [1.165, 1.54) is 12.8 Å². The number of imidazole rings is 1. The van der Waals surface area contributed by atoms with Crippen molar-refractivity contribution >= 4 is 16.9 Å². The molecule has 1 aromatic carbocycles. The lowest BCUT2D eigenvalue weighted by Crippen LogP contribution is -2.34. The van der Waals surface area contributed by atoms with E-state index in [9.17, 15) is 4.79 Å². The van der Waals surface area contributed by atoms with E-state index in [0.29, 0.717) is 6.54 Å². The van der Waals surface area contributed by atoms with Crippen LogP contribution in [0.25, 0.3) is 22.6 Å². The number of para-hydroxylation sites is 2. The minimum atomic E-state index is 0.169. The van der Waals surface area contributed by atoms with Crippen LogP contribution in [0.3, 0.4) is 0 Å². The molecule has 0 spiro atoms. The number of amides is 1. The largest absolute Gasteiger partial charge is 0.341 e. The number of hydrogen-bond donors (Lipinski definition) is 0. The van der Waals surface area contributed by atoms with Crippen LogP contribution in [-0.4, -0.2) is 38.4 Å². The van der Waals surface area contributed by atoms with Crippen molar-refractivity contribution in [3.8, 4) is 11.5 Å².